The van der Waals surface area contributed by atoms with E-state index in [0.717, 1.165) is 5.56 Å². The summed E-state index contributed by atoms with van der Waals surface area (Å²) in [6.07, 6.45) is -1.43. The number of benzene rings is 3. The van der Waals surface area contributed by atoms with Crippen LogP contribution in [-0.2, 0) is 16.0 Å². The predicted octanol–water partition coefficient (Wildman–Crippen LogP) is 5.98. The first-order chi connectivity index (χ1) is 18.6. The lowest BCUT2D eigenvalue weighted by Gasteiger charge is -2.09. The quantitative estimate of drug-likeness (QED) is 0.0951. The number of esters is 2. The minimum atomic E-state index is -4.16. The van der Waals surface area contributed by atoms with Gasteiger partial charge in [-0.25, -0.2) is 9.59 Å². The van der Waals surface area contributed by atoms with Crippen molar-refractivity contribution in [2.24, 2.45) is 0 Å². The highest BCUT2D eigenvalue weighted by Gasteiger charge is 2.25. The molecule has 3 rings (SSSR count). The van der Waals surface area contributed by atoms with Crippen LogP contribution in [0.5, 0.6) is 11.5 Å². The molecule has 0 saturated heterocycles. The molecule has 0 amide bonds. The summed E-state index contributed by atoms with van der Waals surface area (Å²) in [4.78, 5) is 24.4. The van der Waals surface area contributed by atoms with Gasteiger partial charge in [-0.1, -0.05) is 12.1 Å². The molecule has 0 aliphatic carbocycles. The van der Waals surface area contributed by atoms with E-state index in [1.807, 2.05) is 0 Å². The number of carbonyl (C=O) groups excluding carboxylic acids is 2. The molecule has 0 fully saturated rings. The number of halogens is 3. The molecule has 206 valence electrons. The van der Waals surface area contributed by atoms with Gasteiger partial charge in [0.1, 0.15) is 11.5 Å². The van der Waals surface area contributed by atoms with E-state index in [1.54, 1.807) is 60.7 Å². The number of hydrogen-bond acceptors (Lipinski definition) is 7. The number of nitrogen functional groups attached to an aromatic ring is 2. The Balaban J connectivity index is 1.40. The van der Waals surface area contributed by atoms with Gasteiger partial charge in [-0.15, -0.1) is 0 Å². The van der Waals surface area contributed by atoms with E-state index in [4.69, 9.17) is 25.7 Å². The Kier molecular flexibility index (Phi) is 10.4. The fourth-order valence-electron chi connectivity index (χ4n) is 3.43. The first kappa shape index (κ1) is 29.1. The van der Waals surface area contributed by atoms with Crippen molar-refractivity contribution >= 4 is 29.4 Å². The number of unbranched alkanes of at least 4 members (excludes halogenated alkanes) is 1. The van der Waals surface area contributed by atoms with Crippen LogP contribution in [0.3, 0.4) is 0 Å². The SMILES string of the molecule is Nc1ccc(N)c(CCOC(=O)C=Cc2ccc(OC(=O)c3ccc(OCCCCC(F)(F)F)cc3)cc2)c1. The summed E-state index contributed by atoms with van der Waals surface area (Å²) in [7, 11) is 0. The number of ether oxygens (including phenoxy) is 3. The van der Waals surface area contributed by atoms with Crippen molar-refractivity contribution in [1.82, 2.24) is 0 Å². The van der Waals surface area contributed by atoms with Crippen LogP contribution in [-0.4, -0.2) is 31.3 Å². The van der Waals surface area contributed by atoms with Crippen LogP contribution in [0.4, 0.5) is 24.5 Å². The Labute approximate surface area is 224 Å². The van der Waals surface area contributed by atoms with Gasteiger partial charge in [0.15, 0.2) is 0 Å². The first-order valence-corrected chi connectivity index (χ1v) is 12.2. The predicted molar refractivity (Wildman–Crippen MR) is 142 cm³/mol. The number of anilines is 2. The maximum atomic E-state index is 12.4. The fraction of sp³-hybridized carbons (Fsp3) is 0.241. The summed E-state index contributed by atoms with van der Waals surface area (Å²) in [5.74, 6) is -0.340. The number of hydrogen-bond donors (Lipinski definition) is 2. The molecule has 0 atom stereocenters. The van der Waals surface area contributed by atoms with Crippen molar-refractivity contribution in [2.75, 3.05) is 24.7 Å². The summed E-state index contributed by atoms with van der Waals surface area (Å²) in [5.41, 5.74) is 14.6. The summed E-state index contributed by atoms with van der Waals surface area (Å²) in [6, 6.07) is 17.8. The Bertz CT molecular complexity index is 1270. The normalized spacial score (nSPS) is 11.4. The highest BCUT2D eigenvalue weighted by atomic mass is 19.4. The van der Waals surface area contributed by atoms with Crippen LogP contribution >= 0.6 is 0 Å². The molecule has 0 aromatic heterocycles. The van der Waals surface area contributed by atoms with E-state index in [1.165, 1.54) is 18.2 Å². The largest absolute Gasteiger partial charge is 0.494 e. The second-order valence-electron chi connectivity index (χ2n) is 8.61. The molecule has 0 saturated carbocycles. The second kappa shape index (κ2) is 13.9. The van der Waals surface area contributed by atoms with Crippen LogP contribution in [0, 0.1) is 0 Å². The van der Waals surface area contributed by atoms with Gasteiger partial charge in [0.05, 0.1) is 18.8 Å². The highest BCUT2D eigenvalue weighted by molar-refractivity contribution is 5.91. The zero-order valence-electron chi connectivity index (χ0n) is 21.1. The number of nitrogens with two attached hydrogens (primary N) is 2. The maximum absolute atomic E-state index is 12.4. The second-order valence-corrected chi connectivity index (χ2v) is 8.61. The lowest BCUT2D eigenvalue weighted by atomic mass is 10.1. The molecular formula is C29H29F3N2O5. The molecule has 39 heavy (non-hydrogen) atoms. The molecule has 0 aliphatic heterocycles. The van der Waals surface area contributed by atoms with Gasteiger partial charge in [0.25, 0.3) is 0 Å². The van der Waals surface area contributed by atoms with Crippen molar-refractivity contribution in [3.8, 4) is 11.5 Å². The topological polar surface area (TPSA) is 114 Å². The molecule has 0 aliphatic rings. The van der Waals surface area contributed by atoms with E-state index >= 15 is 0 Å². The van der Waals surface area contributed by atoms with Crippen LogP contribution in [0.15, 0.2) is 72.8 Å². The van der Waals surface area contributed by atoms with Crippen molar-refractivity contribution in [3.05, 3.63) is 89.5 Å². The van der Waals surface area contributed by atoms with E-state index < -0.39 is 24.5 Å². The molecule has 3 aromatic rings. The van der Waals surface area contributed by atoms with Crippen LogP contribution in [0.1, 0.15) is 40.7 Å². The molecule has 7 nitrogen and oxygen atoms in total. The van der Waals surface area contributed by atoms with Crippen molar-refractivity contribution in [2.45, 2.75) is 31.9 Å². The molecule has 0 spiro atoms. The Morgan fingerprint density at radius 3 is 2.23 bits per heavy atom. The molecule has 10 heteroatoms. The molecular weight excluding hydrogens is 513 g/mol. The lowest BCUT2D eigenvalue weighted by molar-refractivity contribution is -0.138. The Morgan fingerprint density at radius 2 is 1.54 bits per heavy atom. The van der Waals surface area contributed by atoms with Gasteiger partial charge in [-0.2, -0.15) is 13.2 Å². The van der Waals surface area contributed by atoms with Crippen molar-refractivity contribution in [1.29, 1.82) is 0 Å². The molecule has 3 aromatic carbocycles. The third kappa shape index (κ3) is 10.4. The average Bonchev–Trinajstić information content (AvgIpc) is 2.90. The Morgan fingerprint density at radius 1 is 0.846 bits per heavy atom. The Hall–Kier alpha value is -4.47. The highest BCUT2D eigenvalue weighted by Crippen LogP contribution is 2.23. The van der Waals surface area contributed by atoms with E-state index in [0.29, 0.717) is 34.9 Å². The standard InChI is InChI=1S/C29H29F3N2O5/c30-29(31,32)16-1-2-17-37-24-11-6-21(7-12-24)28(36)39-25-9-3-20(4-10-25)5-14-27(35)38-18-15-22-19-23(33)8-13-26(22)34/h3-14,19H,1-2,15-18,33-34H2. The monoisotopic (exact) mass is 542 g/mol. The summed E-state index contributed by atoms with van der Waals surface area (Å²) < 4.78 is 52.4. The van der Waals surface area contributed by atoms with Crippen LogP contribution < -0.4 is 20.9 Å². The summed E-state index contributed by atoms with van der Waals surface area (Å²) in [5, 5.41) is 0. The smallest absolute Gasteiger partial charge is 0.389 e. The van der Waals surface area contributed by atoms with Gasteiger partial charge in [-0.3, -0.25) is 0 Å². The molecule has 0 heterocycles. The van der Waals surface area contributed by atoms with Gasteiger partial charge in [0.2, 0.25) is 0 Å². The van der Waals surface area contributed by atoms with Gasteiger partial charge >= 0.3 is 18.1 Å². The van der Waals surface area contributed by atoms with E-state index in [2.05, 4.69) is 0 Å². The van der Waals surface area contributed by atoms with E-state index in [-0.39, 0.29) is 31.6 Å². The lowest BCUT2D eigenvalue weighted by Crippen LogP contribution is -2.09. The fourth-order valence-corrected chi connectivity index (χ4v) is 3.43. The zero-order chi connectivity index (χ0) is 28.3. The van der Waals surface area contributed by atoms with Crippen molar-refractivity contribution < 1.29 is 37.0 Å². The van der Waals surface area contributed by atoms with Crippen molar-refractivity contribution in [3.63, 3.8) is 0 Å². The maximum Gasteiger partial charge on any atom is 0.389 e. The van der Waals surface area contributed by atoms with Gasteiger partial charge in [-0.05, 0) is 84.6 Å². The molecule has 0 radical (unpaired) electrons. The van der Waals surface area contributed by atoms with Crippen LogP contribution in [0.2, 0.25) is 0 Å². The summed E-state index contributed by atoms with van der Waals surface area (Å²) >= 11 is 0. The number of rotatable bonds is 12. The van der Waals surface area contributed by atoms with Gasteiger partial charge in [0, 0.05) is 30.3 Å². The molecule has 0 bridgehead atoms. The zero-order valence-corrected chi connectivity index (χ0v) is 21.1. The average molecular weight is 543 g/mol. The minimum Gasteiger partial charge on any atom is -0.494 e. The first-order valence-electron chi connectivity index (χ1n) is 12.2. The molecule has 0 unspecified atom stereocenters. The summed E-state index contributed by atoms with van der Waals surface area (Å²) in [6.45, 7) is 0.303. The van der Waals surface area contributed by atoms with Crippen LogP contribution in [0.25, 0.3) is 6.08 Å². The van der Waals surface area contributed by atoms with E-state index in [9.17, 15) is 22.8 Å². The minimum absolute atomic E-state index is 0.00643. The van der Waals surface area contributed by atoms with Gasteiger partial charge < -0.3 is 25.7 Å². The number of alkyl halides is 3. The number of carbonyl (C=O) groups is 2. The third-order valence-electron chi connectivity index (χ3n) is 5.50. The molecule has 4 N–H and O–H groups in total. The third-order valence-corrected chi connectivity index (χ3v) is 5.50.